The molecule has 4 aromatic heterocycles. The van der Waals surface area contributed by atoms with Crippen LogP contribution in [0.2, 0.25) is 0 Å². The minimum atomic E-state index is 0.0769. The SMILES string of the molecule is N=C(/N=C(\N)n1c2ccccc2c2c3sc4ccccc4c3ccc21)n1c2ccccc2c2c3sc4ccccc4c3ccc21. The summed E-state index contributed by atoms with van der Waals surface area (Å²) in [7, 11) is 0. The third kappa shape index (κ3) is 3.31. The smallest absolute Gasteiger partial charge is 0.230 e. The Labute approximate surface area is 264 Å². The molecule has 4 heterocycles. The molecule has 0 bridgehead atoms. The first-order chi connectivity index (χ1) is 22.2. The summed E-state index contributed by atoms with van der Waals surface area (Å²) < 4.78 is 8.91. The van der Waals surface area contributed by atoms with Crippen molar-refractivity contribution in [2.45, 2.75) is 0 Å². The average molecular weight is 614 g/mol. The van der Waals surface area contributed by atoms with Crippen LogP contribution in [0.5, 0.6) is 0 Å². The molecule has 0 aliphatic carbocycles. The van der Waals surface area contributed by atoms with Gasteiger partial charge in [-0.2, -0.15) is 4.99 Å². The van der Waals surface area contributed by atoms with Crippen molar-refractivity contribution in [3.8, 4) is 0 Å². The fraction of sp³-hybridized carbons (Fsp3) is 0. The van der Waals surface area contributed by atoms with Crippen molar-refractivity contribution in [1.29, 1.82) is 5.41 Å². The average Bonchev–Trinajstić information content (AvgIpc) is 3.81. The van der Waals surface area contributed by atoms with E-state index in [2.05, 4.69) is 109 Å². The summed E-state index contributed by atoms with van der Waals surface area (Å²) >= 11 is 3.61. The summed E-state index contributed by atoms with van der Waals surface area (Å²) in [6.45, 7) is 0. The Hall–Kier alpha value is -5.50. The summed E-state index contributed by atoms with van der Waals surface area (Å²) in [6, 6.07) is 42.3. The Kier molecular flexibility index (Phi) is 4.99. The quantitative estimate of drug-likeness (QED) is 0.130. The van der Waals surface area contributed by atoms with Crippen LogP contribution in [0.4, 0.5) is 0 Å². The maximum atomic E-state index is 9.37. The molecular weight excluding hydrogens is 591 g/mol. The first-order valence-electron chi connectivity index (χ1n) is 14.8. The van der Waals surface area contributed by atoms with E-state index in [-0.39, 0.29) is 11.9 Å². The molecule has 0 spiro atoms. The number of nitrogens with zero attached hydrogens (tertiary/aromatic N) is 3. The van der Waals surface area contributed by atoms with Crippen LogP contribution >= 0.6 is 22.7 Å². The molecular formula is C38H23N5S2. The lowest BCUT2D eigenvalue weighted by Crippen LogP contribution is -2.25. The number of fused-ring (bicyclic) bond motifs is 14. The largest absolute Gasteiger partial charge is 0.369 e. The maximum Gasteiger partial charge on any atom is 0.230 e. The van der Waals surface area contributed by atoms with E-state index in [0.29, 0.717) is 0 Å². The van der Waals surface area contributed by atoms with Crippen LogP contribution in [0, 0.1) is 5.41 Å². The fourth-order valence-electron chi connectivity index (χ4n) is 7.15. The van der Waals surface area contributed by atoms with Gasteiger partial charge in [-0.05, 0) is 36.4 Å². The third-order valence-corrected chi connectivity index (χ3v) is 11.4. The standard InChI is InChI=1S/C38H23N5S2/c39-37(42-27-13-5-1-11-25(27)33-29(42)19-17-23-21-9-3-7-15-31(21)44-35(23)33)41-38(40)43-28-14-6-2-12-26(28)34-30(43)20-18-24-22-10-4-8-16-32(22)45-36(24)34/h1-20H,(H3,39,40,41). The molecule has 5 nitrogen and oxygen atoms in total. The summed E-state index contributed by atoms with van der Waals surface area (Å²) in [5.74, 6) is 0.341. The highest BCUT2D eigenvalue weighted by atomic mass is 32.1. The van der Waals surface area contributed by atoms with Gasteiger partial charge in [0.15, 0.2) is 0 Å². The van der Waals surface area contributed by atoms with Crippen molar-refractivity contribution in [3.63, 3.8) is 0 Å². The number of hydrogen-bond acceptors (Lipinski definition) is 3. The van der Waals surface area contributed by atoms with Crippen molar-refractivity contribution in [1.82, 2.24) is 9.13 Å². The van der Waals surface area contributed by atoms with Crippen molar-refractivity contribution in [2.24, 2.45) is 10.7 Å². The topological polar surface area (TPSA) is 72.1 Å². The Morgan fingerprint density at radius 1 is 0.489 bits per heavy atom. The summed E-state index contributed by atoms with van der Waals surface area (Å²) in [4.78, 5) is 4.82. The van der Waals surface area contributed by atoms with Gasteiger partial charge in [0, 0.05) is 61.9 Å². The number of aliphatic imine (C=N–C) groups is 1. The van der Waals surface area contributed by atoms with Gasteiger partial charge in [0.05, 0.1) is 22.1 Å². The highest BCUT2D eigenvalue weighted by molar-refractivity contribution is 7.27. The molecule has 0 unspecified atom stereocenters. The minimum Gasteiger partial charge on any atom is -0.369 e. The number of nitrogens with one attached hydrogen (secondary N) is 1. The number of benzene rings is 6. The van der Waals surface area contributed by atoms with Crippen LogP contribution < -0.4 is 5.73 Å². The third-order valence-electron chi connectivity index (χ3n) is 9.02. The van der Waals surface area contributed by atoms with E-state index in [4.69, 9.17) is 10.7 Å². The Balaban J connectivity index is 1.22. The van der Waals surface area contributed by atoms with Gasteiger partial charge in [-0.25, -0.2) is 0 Å². The maximum absolute atomic E-state index is 9.37. The second-order valence-electron chi connectivity index (χ2n) is 11.4. The minimum absolute atomic E-state index is 0.0769. The molecule has 0 amide bonds. The van der Waals surface area contributed by atoms with E-state index in [0.717, 1.165) is 43.6 Å². The van der Waals surface area contributed by atoms with E-state index in [1.807, 2.05) is 32.6 Å². The van der Waals surface area contributed by atoms with Gasteiger partial charge >= 0.3 is 0 Å². The second-order valence-corrected chi connectivity index (χ2v) is 13.5. The van der Waals surface area contributed by atoms with Gasteiger partial charge in [-0.15, -0.1) is 22.7 Å². The van der Waals surface area contributed by atoms with Gasteiger partial charge in [-0.3, -0.25) is 14.5 Å². The lowest BCUT2D eigenvalue weighted by atomic mass is 10.1. The van der Waals surface area contributed by atoms with E-state index in [9.17, 15) is 5.41 Å². The van der Waals surface area contributed by atoms with Gasteiger partial charge in [0.1, 0.15) is 0 Å². The predicted molar refractivity (Wildman–Crippen MR) is 195 cm³/mol. The lowest BCUT2D eigenvalue weighted by Gasteiger charge is -2.09. The zero-order chi connectivity index (χ0) is 29.8. The van der Waals surface area contributed by atoms with Crippen molar-refractivity contribution in [3.05, 3.63) is 121 Å². The van der Waals surface area contributed by atoms with E-state index < -0.39 is 0 Å². The molecule has 0 radical (unpaired) electrons. The van der Waals surface area contributed by atoms with Crippen molar-refractivity contribution >= 4 is 119 Å². The monoisotopic (exact) mass is 613 g/mol. The zero-order valence-corrected chi connectivity index (χ0v) is 25.4. The molecule has 7 heteroatoms. The van der Waals surface area contributed by atoms with Crippen molar-refractivity contribution in [2.75, 3.05) is 0 Å². The molecule has 45 heavy (non-hydrogen) atoms. The lowest BCUT2D eigenvalue weighted by molar-refractivity contribution is 1.15. The number of nitrogens with two attached hydrogens (primary N) is 1. The molecule has 0 saturated heterocycles. The summed E-state index contributed by atoms with van der Waals surface area (Å²) in [5, 5.41) is 18.9. The molecule has 0 aliphatic rings. The number of aromatic nitrogens is 2. The Morgan fingerprint density at radius 2 is 0.933 bits per heavy atom. The Bertz CT molecular complexity index is 2910. The summed E-state index contributed by atoms with van der Waals surface area (Å²) in [6.07, 6.45) is 0. The van der Waals surface area contributed by atoms with Crippen LogP contribution in [0.25, 0.3) is 84.0 Å². The molecule has 3 N–H and O–H groups in total. The normalized spacial score (nSPS) is 12.8. The number of hydrogen-bond donors (Lipinski definition) is 2. The van der Waals surface area contributed by atoms with Gasteiger partial charge < -0.3 is 5.73 Å². The molecule has 0 fully saturated rings. The Morgan fingerprint density at radius 3 is 1.49 bits per heavy atom. The molecule has 212 valence electrons. The second kappa shape index (κ2) is 9.01. The van der Waals surface area contributed by atoms with E-state index >= 15 is 0 Å². The van der Waals surface area contributed by atoms with Gasteiger partial charge in [-0.1, -0.05) is 84.9 Å². The molecule has 0 aliphatic heterocycles. The highest BCUT2D eigenvalue weighted by Gasteiger charge is 2.21. The van der Waals surface area contributed by atoms with Crippen LogP contribution in [0.1, 0.15) is 0 Å². The zero-order valence-electron chi connectivity index (χ0n) is 23.8. The molecule has 10 rings (SSSR count). The summed E-state index contributed by atoms with van der Waals surface area (Å²) in [5.41, 5.74) is 10.7. The van der Waals surface area contributed by atoms with Crippen LogP contribution in [0.15, 0.2) is 126 Å². The first kappa shape index (κ1) is 24.9. The fourth-order valence-corrected chi connectivity index (χ4v) is 9.67. The molecule has 0 atom stereocenters. The number of thiophene rings is 2. The number of rotatable bonds is 0. The predicted octanol–water partition coefficient (Wildman–Crippen LogP) is 10.3. The number of para-hydroxylation sites is 2. The van der Waals surface area contributed by atoms with Gasteiger partial charge in [0.2, 0.25) is 11.9 Å². The van der Waals surface area contributed by atoms with Crippen molar-refractivity contribution < 1.29 is 0 Å². The van der Waals surface area contributed by atoms with Crippen LogP contribution in [0.3, 0.4) is 0 Å². The van der Waals surface area contributed by atoms with Crippen LogP contribution in [-0.4, -0.2) is 21.1 Å². The van der Waals surface area contributed by atoms with Crippen LogP contribution in [-0.2, 0) is 0 Å². The van der Waals surface area contributed by atoms with E-state index in [1.165, 1.54) is 40.3 Å². The molecule has 10 aromatic rings. The van der Waals surface area contributed by atoms with Gasteiger partial charge in [0.25, 0.3) is 0 Å². The molecule has 6 aromatic carbocycles. The first-order valence-corrected chi connectivity index (χ1v) is 16.4. The highest BCUT2D eigenvalue weighted by Crippen LogP contribution is 2.43. The molecule has 0 saturated carbocycles. The van der Waals surface area contributed by atoms with E-state index in [1.54, 1.807) is 11.3 Å².